The monoisotopic (exact) mass is 388 g/mol. The molecule has 0 aromatic rings. The zero-order valence-electron chi connectivity index (χ0n) is 17.7. The minimum atomic E-state index is -0.471. The zero-order chi connectivity index (χ0) is 19.3. The quantitative estimate of drug-likeness (QED) is 0.119. The Labute approximate surface area is 168 Å². The highest BCUT2D eigenvalue weighted by Crippen LogP contribution is 2.14. The normalized spacial score (nSPS) is 12.3. The molecule has 26 heavy (non-hydrogen) atoms. The van der Waals surface area contributed by atoms with Crippen molar-refractivity contribution in [3.8, 4) is 0 Å². The molecule has 0 saturated heterocycles. The maximum Gasteiger partial charge on any atom is 0.324 e. The fraction of sp³-hybridized carbons (Fsp3) is 0.957. The van der Waals surface area contributed by atoms with E-state index in [4.69, 9.17) is 16.3 Å². The predicted octanol–water partition coefficient (Wildman–Crippen LogP) is 8.20. The lowest BCUT2D eigenvalue weighted by atomic mass is 10.0. The molecule has 0 aromatic carbocycles. The van der Waals surface area contributed by atoms with E-state index in [2.05, 4.69) is 6.92 Å². The number of hydrogen-bond acceptors (Lipinski definition) is 2. The summed E-state index contributed by atoms with van der Waals surface area (Å²) in [5.74, 6) is -0.259. The van der Waals surface area contributed by atoms with Gasteiger partial charge in [0, 0.05) is 0 Å². The predicted molar refractivity (Wildman–Crippen MR) is 115 cm³/mol. The van der Waals surface area contributed by atoms with Crippen LogP contribution in [0.1, 0.15) is 129 Å². The molecule has 0 fully saturated rings. The molecule has 0 bridgehead atoms. The molecule has 0 amide bonds. The minimum Gasteiger partial charge on any atom is -0.465 e. The van der Waals surface area contributed by atoms with Gasteiger partial charge < -0.3 is 4.74 Å². The molecule has 0 aromatic heterocycles. The van der Waals surface area contributed by atoms with Crippen molar-refractivity contribution in [2.75, 3.05) is 6.61 Å². The summed E-state index contributed by atoms with van der Waals surface area (Å²) < 4.78 is 5.15. The van der Waals surface area contributed by atoms with Gasteiger partial charge in [0.2, 0.25) is 0 Å². The van der Waals surface area contributed by atoms with E-state index >= 15 is 0 Å². The smallest absolute Gasteiger partial charge is 0.324 e. The van der Waals surface area contributed by atoms with Gasteiger partial charge in [0.25, 0.3) is 0 Å². The molecule has 2 nitrogen and oxygen atoms in total. The highest BCUT2D eigenvalue weighted by atomic mass is 35.5. The van der Waals surface area contributed by atoms with Crippen molar-refractivity contribution < 1.29 is 9.53 Å². The topological polar surface area (TPSA) is 26.3 Å². The summed E-state index contributed by atoms with van der Waals surface area (Å²) in [6, 6.07) is 0. The molecule has 0 N–H and O–H groups in total. The number of carbonyl (C=O) groups is 1. The van der Waals surface area contributed by atoms with Crippen LogP contribution in [0.15, 0.2) is 0 Å². The van der Waals surface area contributed by atoms with Gasteiger partial charge in [0.1, 0.15) is 5.38 Å². The average Bonchev–Trinajstić information content (AvgIpc) is 2.66. The number of unbranched alkanes of at least 4 members (excludes halogenated alkanes) is 16. The Morgan fingerprint density at radius 2 is 1.00 bits per heavy atom. The molecule has 0 aliphatic rings. The number of halogens is 1. The second-order valence-electron chi connectivity index (χ2n) is 7.70. The van der Waals surface area contributed by atoms with Gasteiger partial charge in [-0.3, -0.25) is 4.79 Å². The van der Waals surface area contributed by atoms with Gasteiger partial charge in [0.05, 0.1) is 6.61 Å². The molecule has 0 radical (unpaired) electrons. The summed E-state index contributed by atoms with van der Waals surface area (Å²) in [6.45, 7) is 4.71. The van der Waals surface area contributed by atoms with Gasteiger partial charge in [-0.1, -0.05) is 117 Å². The summed E-state index contributed by atoms with van der Waals surface area (Å²) in [5, 5.41) is -0.471. The number of carbonyl (C=O) groups excluding carboxylic acids is 1. The van der Waals surface area contributed by atoms with Crippen LogP contribution in [-0.4, -0.2) is 18.0 Å². The van der Waals surface area contributed by atoms with E-state index in [1.54, 1.807) is 0 Å². The maximum atomic E-state index is 11.4. The molecular formula is C23H45ClO2. The standard InChI is InChI=1S/C23H45ClO2/c1-3-5-6-7-8-9-10-11-12-13-14-15-16-17-18-19-20-21-26-23(25)22(24)4-2/h22H,3-21H2,1-2H3. The number of esters is 1. The van der Waals surface area contributed by atoms with E-state index in [-0.39, 0.29) is 5.97 Å². The van der Waals surface area contributed by atoms with Gasteiger partial charge in [0.15, 0.2) is 0 Å². The molecule has 1 unspecified atom stereocenters. The fourth-order valence-electron chi connectivity index (χ4n) is 3.26. The number of rotatable bonds is 20. The fourth-order valence-corrected chi connectivity index (χ4v) is 3.32. The van der Waals surface area contributed by atoms with Gasteiger partial charge in [-0.15, -0.1) is 11.6 Å². The van der Waals surface area contributed by atoms with Crippen molar-refractivity contribution in [3.63, 3.8) is 0 Å². The third-order valence-corrected chi connectivity index (χ3v) is 5.59. The Morgan fingerprint density at radius 1 is 0.654 bits per heavy atom. The van der Waals surface area contributed by atoms with Crippen molar-refractivity contribution >= 4 is 17.6 Å². The Hall–Kier alpha value is -0.240. The van der Waals surface area contributed by atoms with Crippen molar-refractivity contribution in [3.05, 3.63) is 0 Å². The molecule has 0 heterocycles. The molecule has 0 saturated carbocycles. The molecule has 156 valence electrons. The summed E-state index contributed by atoms with van der Waals surface area (Å²) in [6.07, 6.45) is 23.8. The van der Waals surface area contributed by atoms with Gasteiger partial charge in [-0.25, -0.2) is 0 Å². The van der Waals surface area contributed by atoms with E-state index < -0.39 is 5.38 Å². The van der Waals surface area contributed by atoms with E-state index in [0.717, 1.165) is 12.8 Å². The van der Waals surface area contributed by atoms with Crippen LogP contribution >= 0.6 is 11.6 Å². The number of alkyl halides is 1. The van der Waals surface area contributed by atoms with Gasteiger partial charge >= 0.3 is 5.97 Å². The van der Waals surface area contributed by atoms with Crippen LogP contribution in [0.25, 0.3) is 0 Å². The third kappa shape index (κ3) is 18.5. The first-order valence-corrected chi connectivity index (χ1v) is 12.0. The summed E-state index contributed by atoms with van der Waals surface area (Å²) in [5.41, 5.74) is 0. The Kier molecular flexibility index (Phi) is 20.9. The lowest BCUT2D eigenvalue weighted by Crippen LogP contribution is -2.17. The Balaban J connectivity index is 3.08. The second-order valence-corrected chi connectivity index (χ2v) is 8.23. The number of hydrogen-bond donors (Lipinski definition) is 0. The second kappa shape index (κ2) is 21.1. The molecule has 0 rings (SSSR count). The van der Waals surface area contributed by atoms with Crippen molar-refractivity contribution in [2.45, 2.75) is 135 Å². The molecule has 1 atom stereocenters. The molecule has 0 aliphatic carbocycles. The molecular weight excluding hydrogens is 344 g/mol. The van der Waals surface area contributed by atoms with Crippen molar-refractivity contribution in [1.29, 1.82) is 0 Å². The van der Waals surface area contributed by atoms with Crippen LogP contribution in [0.4, 0.5) is 0 Å². The van der Waals surface area contributed by atoms with Crippen LogP contribution < -0.4 is 0 Å². The Morgan fingerprint density at radius 3 is 1.35 bits per heavy atom. The average molecular weight is 389 g/mol. The van der Waals surface area contributed by atoms with Crippen molar-refractivity contribution in [2.24, 2.45) is 0 Å². The molecule has 3 heteroatoms. The molecule has 0 spiro atoms. The summed E-state index contributed by atoms with van der Waals surface area (Å²) >= 11 is 5.82. The van der Waals surface area contributed by atoms with Crippen LogP contribution in [0, 0.1) is 0 Å². The highest BCUT2D eigenvalue weighted by Gasteiger charge is 2.13. The Bertz CT molecular complexity index is 294. The summed E-state index contributed by atoms with van der Waals surface area (Å²) in [4.78, 5) is 11.4. The molecule has 0 aliphatic heterocycles. The van der Waals surface area contributed by atoms with E-state index in [1.807, 2.05) is 6.92 Å². The largest absolute Gasteiger partial charge is 0.465 e. The van der Waals surface area contributed by atoms with Crippen LogP contribution in [0.5, 0.6) is 0 Å². The van der Waals surface area contributed by atoms with E-state index in [1.165, 1.54) is 96.3 Å². The zero-order valence-corrected chi connectivity index (χ0v) is 18.5. The number of ether oxygens (including phenoxy) is 1. The highest BCUT2D eigenvalue weighted by molar-refractivity contribution is 6.29. The van der Waals surface area contributed by atoms with Crippen molar-refractivity contribution in [1.82, 2.24) is 0 Å². The SMILES string of the molecule is CCCCCCCCCCCCCCCCCCCOC(=O)C(Cl)CC. The lowest BCUT2D eigenvalue weighted by molar-refractivity contribution is -0.143. The summed E-state index contributed by atoms with van der Waals surface area (Å²) in [7, 11) is 0. The third-order valence-electron chi connectivity index (χ3n) is 5.11. The van der Waals surface area contributed by atoms with E-state index in [9.17, 15) is 4.79 Å². The maximum absolute atomic E-state index is 11.4. The first-order chi connectivity index (χ1) is 12.7. The van der Waals surface area contributed by atoms with Crippen LogP contribution in [0.3, 0.4) is 0 Å². The van der Waals surface area contributed by atoms with Gasteiger partial charge in [-0.05, 0) is 12.8 Å². The van der Waals surface area contributed by atoms with Crippen LogP contribution in [-0.2, 0) is 9.53 Å². The first kappa shape index (κ1) is 25.8. The lowest BCUT2D eigenvalue weighted by Gasteiger charge is -2.07. The first-order valence-electron chi connectivity index (χ1n) is 11.5. The van der Waals surface area contributed by atoms with Crippen LogP contribution in [0.2, 0.25) is 0 Å². The minimum absolute atomic E-state index is 0.259. The van der Waals surface area contributed by atoms with E-state index in [0.29, 0.717) is 13.0 Å². The van der Waals surface area contributed by atoms with Gasteiger partial charge in [-0.2, -0.15) is 0 Å².